The molecule has 0 fully saturated rings. The highest BCUT2D eigenvalue weighted by Gasteiger charge is 1.97. The van der Waals surface area contributed by atoms with Crippen molar-refractivity contribution in [2.24, 2.45) is 0 Å². The Morgan fingerprint density at radius 2 is 2.33 bits per heavy atom. The number of aromatic amines is 1. The molecule has 0 aliphatic rings. The fourth-order valence-electron chi connectivity index (χ4n) is 0.976. The van der Waals surface area contributed by atoms with E-state index in [4.69, 9.17) is 2.74 Å². The molecule has 2 aromatic rings. The van der Waals surface area contributed by atoms with E-state index >= 15 is 0 Å². The number of H-pyrrole nitrogens is 1. The number of halogens is 1. The van der Waals surface area contributed by atoms with Crippen molar-refractivity contribution in [1.82, 2.24) is 10.2 Å². The summed E-state index contributed by atoms with van der Waals surface area (Å²) in [4.78, 5) is 0. The number of aromatic nitrogens is 2. The molecule has 0 aliphatic heterocycles. The molecule has 0 amide bonds. The number of rotatable bonds is 1. The van der Waals surface area contributed by atoms with Gasteiger partial charge in [0.2, 0.25) is 0 Å². The average Bonchev–Trinajstić information content (AvgIpc) is 2.46. The van der Waals surface area contributed by atoms with Crippen LogP contribution >= 0.6 is 15.9 Å². The first-order valence-corrected chi connectivity index (χ1v) is 4.25. The SMILES string of the molecule is [2H]c1n[nH]c([2H])c1-c1cccc(Br)c1. The molecule has 1 aromatic heterocycles. The number of nitrogens with one attached hydrogen (secondary N) is 1. The van der Waals surface area contributed by atoms with Gasteiger partial charge < -0.3 is 0 Å². The first-order chi connectivity index (χ1) is 6.68. The molecule has 0 saturated heterocycles. The van der Waals surface area contributed by atoms with Crippen LogP contribution in [0, 0.1) is 0 Å². The highest BCUT2D eigenvalue weighted by atomic mass is 79.9. The number of nitrogens with zero attached hydrogens (tertiary/aromatic N) is 1. The molecule has 12 heavy (non-hydrogen) atoms. The first kappa shape index (κ1) is 5.54. The Hall–Kier alpha value is -1.09. The van der Waals surface area contributed by atoms with Crippen molar-refractivity contribution >= 4 is 15.9 Å². The second-order valence-corrected chi connectivity index (χ2v) is 3.26. The molecule has 0 bridgehead atoms. The summed E-state index contributed by atoms with van der Waals surface area (Å²) in [5, 5.41) is 6.13. The minimum Gasteiger partial charge on any atom is -0.285 e. The molecule has 0 unspecified atom stereocenters. The Labute approximate surface area is 81.6 Å². The van der Waals surface area contributed by atoms with Crippen molar-refractivity contribution in [2.75, 3.05) is 0 Å². The van der Waals surface area contributed by atoms with Gasteiger partial charge in [0.25, 0.3) is 0 Å². The molecular weight excluding hydrogens is 216 g/mol. The van der Waals surface area contributed by atoms with Crippen LogP contribution in [0.2, 0.25) is 0 Å². The lowest BCUT2D eigenvalue weighted by molar-refractivity contribution is 1.09. The highest BCUT2D eigenvalue weighted by Crippen LogP contribution is 2.21. The van der Waals surface area contributed by atoms with Gasteiger partial charge in [0.15, 0.2) is 0 Å². The van der Waals surface area contributed by atoms with Crippen LogP contribution in [0.25, 0.3) is 11.1 Å². The molecule has 0 radical (unpaired) electrons. The van der Waals surface area contributed by atoms with Crippen molar-refractivity contribution in [2.45, 2.75) is 0 Å². The van der Waals surface area contributed by atoms with Crippen LogP contribution in [-0.2, 0) is 0 Å². The van der Waals surface area contributed by atoms with E-state index in [0.717, 1.165) is 10.0 Å². The zero-order chi connectivity index (χ0) is 10.1. The fourth-order valence-corrected chi connectivity index (χ4v) is 1.38. The van der Waals surface area contributed by atoms with Crippen LogP contribution < -0.4 is 0 Å². The molecule has 0 aliphatic carbocycles. The van der Waals surface area contributed by atoms with Gasteiger partial charge in [-0.15, -0.1) is 0 Å². The van der Waals surface area contributed by atoms with E-state index in [1.165, 1.54) is 0 Å². The maximum Gasteiger partial charge on any atom is 0.0866 e. The summed E-state index contributed by atoms with van der Waals surface area (Å²) in [6.07, 6.45) is 0.279. The van der Waals surface area contributed by atoms with E-state index in [-0.39, 0.29) is 12.3 Å². The number of hydrogen-bond donors (Lipinski definition) is 1. The Morgan fingerprint density at radius 3 is 3.00 bits per heavy atom. The molecule has 2 rings (SSSR count). The van der Waals surface area contributed by atoms with Gasteiger partial charge in [-0.3, -0.25) is 5.10 Å². The van der Waals surface area contributed by atoms with Crippen LogP contribution in [0.15, 0.2) is 41.1 Å². The van der Waals surface area contributed by atoms with E-state index in [1.54, 1.807) is 0 Å². The van der Waals surface area contributed by atoms with Crippen molar-refractivity contribution in [3.05, 3.63) is 41.1 Å². The lowest BCUT2D eigenvalue weighted by atomic mass is 10.1. The summed E-state index contributed by atoms with van der Waals surface area (Å²) >= 11 is 3.34. The predicted molar refractivity (Wildman–Crippen MR) is 51.7 cm³/mol. The molecule has 0 atom stereocenters. The van der Waals surface area contributed by atoms with Gasteiger partial charge in [-0.1, -0.05) is 28.1 Å². The molecule has 60 valence electrons. The van der Waals surface area contributed by atoms with Crippen molar-refractivity contribution < 1.29 is 2.74 Å². The molecule has 1 N–H and O–H groups in total. The zero-order valence-electron chi connectivity index (χ0n) is 8.13. The van der Waals surface area contributed by atoms with Crippen molar-refractivity contribution in [1.29, 1.82) is 0 Å². The van der Waals surface area contributed by atoms with Gasteiger partial charge in [-0.25, -0.2) is 0 Å². The van der Waals surface area contributed by atoms with E-state index in [9.17, 15) is 0 Å². The van der Waals surface area contributed by atoms with Gasteiger partial charge in [0.05, 0.1) is 8.91 Å². The van der Waals surface area contributed by atoms with Crippen molar-refractivity contribution in [3.8, 4) is 11.1 Å². The second-order valence-electron chi connectivity index (χ2n) is 2.35. The van der Waals surface area contributed by atoms with Crippen LogP contribution in [0.5, 0.6) is 0 Å². The summed E-state index contributed by atoms with van der Waals surface area (Å²) in [5.74, 6) is 0. The lowest BCUT2D eigenvalue weighted by Gasteiger charge is -1.95. The summed E-state index contributed by atoms with van der Waals surface area (Å²) in [7, 11) is 0. The molecule has 2 nitrogen and oxygen atoms in total. The van der Waals surface area contributed by atoms with E-state index in [2.05, 4.69) is 26.1 Å². The standard InChI is InChI=1S/C9H7BrN2/c10-9-3-1-2-7(4-9)8-5-11-12-6-8/h1-6H,(H,11,12)/i5D,6D. The summed E-state index contributed by atoms with van der Waals surface area (Å²) < 4.78 is 16.0. The van der Waals surface area contributed by atoms with Crippen LogP contribution in [0.4, 0.5) is 0 Å². The minimum atomic E-state index is 0.105. The Kier molecular flexibility index (Phi) is 1.43. The van der Waals surface area contributed by atoms with Gasteiger partial charge in [0.1, 0.15) is 0 Å². The molecule has 3 heteroatoms. The van der Waals surface area contributed by atoms with Crippen LogP contribution in [0.1, 0.15) is 2.74 Å². The van der Waals surface area contributed by atoms with Crippen LogP contribution in [0.3, 0.4) is 0 Å². The third-order valence-electron chi connectivity index (χ3n) is 1.52. The summed E-state index contributed by atoms with van der Waals surface area (Å²) in [5.41, 5.74) is 1.36. The summed E-state index contributed by atoms with van der Waals surface area (Å²) in [6, 6.07) is 7.48. The molecule has 0 saturated carbocycles. The monoisotopic (exact) mass is 224 g/mol. The Balaban J connectivity index is 2.59. The molecule has 0 spiro atoms. The van der Waals surface area contributed by atoms with Crippen LogP contribution in [-0.4, -0.2) is 10.2 Å². The normalized spacial score (nSPS) is 12.4. The van der Waals surface area contributed by atoms with Gasteiger partial charge >= 0.3 is 0 Å². The maximum absolute atomic E-state index is 7.55. The molecular formula is C9H7BrN2. The Bertz CT molecular complexity index is 448. The van der Waals surface area contributed by atoms with E-state index in [1.807, 2.05) is 24.3 Å². The third kappa shape index (κ3) is 1.41. The van der Waals surface area contributed by atoms with E-state index in [0.29, 0.717) is 5.56 Å². The first-order valence-electron chi connectivity index (χ1n) is 4.46. The van der Waals surface area contributed by atoms with E-state index < -0.39 is 0 Å². The van der Waals surface area contributed by atoms with Gasteiger partial charge in [0, 0.05) is 16.2 Å². The second kappa shape index (κ2) is 3.11. The topological polar surface area (TPSA) is 28.7 Å². The predicted octanol–water partition coefficient (Wildman–Crippen LogP) is 2.84. The smallest absolute Gasteiger partial charge is 0.0866 e. The zero-order valence-corrected chi connectivity index (χ0v) is 7.72. The minimum absolute atomic E-state index is 0.105. The largest absolute Gasteiger partial charge is 0.285 e. The van der Waals surface area contributed by atoms with Gasteiger partial charge in [-0.2, -0.15) is 5.10 Å². The quantitative estimate of drug-likeness (QED) is 0.794. The molecule has 1 heterocycles. The van der Waals surface area contributed by atoms with Crippen molar-refractivity contribution in [3.63, 3.8) is 0 Å². The maximum atomic E-state index is 7.55. The third-order valence-corrected chi connectivity index (χ3v) is 2.01. The Morgan fingerprint density at radius 1 is 1.42 bits per heavy atom. The average molecular weight is 225 g/mol. The van der Waals surface area contributed by atoms with Gasteiger partial charge in [-0.05, 0) is 17.7 Å². The lowest BCUT2D eigenvalue weighted by Crippen LogP contribution is -1.72. The number of benzene rings is 1. The number of hydrogen-bond acceptors (Lipinski definition) is 1. The fraction of sp³-hybridized carbons (Fsp3) is 0. The highest BCUT2D eigenvalue weighted by molar-refractivity contribution is 9.10. The summed E-state index contributed by atoms with van der Waals surface area (Å²) in [6.45, 7) is 0. The molecule has 1 aromatic carbocycles.